The second-order valence-corrected chi connectivity index (χ2v) is 8.08. The quantitative estimate of drug-likeness (QED) is 0.311. The molecule has 0 radical (unpaired) electrons. The highest BCUT2D eigenvalue weighted by atomic mass is 16.5. The van der Waals surface area contributed by atoms with Crippen molar-refractivity contribution < 1.29 is 30.3 Å². The molecule has 9 N–H and O–H groups in total. The van der Waals surface area contributed by atoms with Crippen LogP contribution in [0.25, 0.3) is 0 Å². The van der Waals surface area contributed by atoms with Gasteiger partial charge in [0.2, 0.25) is 0 Å². The average Bonchev–Trinajstić information content (AvgIpc) is 2.51. The van der Waals surface area contributed by atoms with Crippen molar-refractivity contribution in [1.82, 2.24) is 0 Å². The third-order valence-corrected chi connectivity index (χ3v) is 4.37. The van der Waals surface area contributed by atoms with E-state index in [2.05, 4.69) is 0 Å². The van der Waals surface area contributed by atoms with E-state index in [-0.39, 0.29) is 17.9 Å². The van der Waals surface area contributed by atoms with Gasteiger partial charge in [0.1, 0.15) is 12.2 Å². The van der Waals surface area contributed by atoms with Gasteiger partial charge in [-0.05, 0) is 24.3 Å². The fourth-order valence-corrected chi connectivity index (χ4v) is 2.65. The summed E-state index contributed by atoms with van der Waals surface area (Å²) in [6.07, 6.45) is -3.96. The van der Waals surface area contributed by atoms with E-state index in [4.69, 9.17) is 26.4 Å². The Morgan fingerprint density at radius 1 is 1.08 bits per heavy atom. The summed E-state index contributed by atoms with van der Waals surface area (Å²) >= 11 is 0. The monoisotopic (exact) mass is 366 g/mol. The van der Waals surface area contributed by atoms with Gasteiger partial charge in [0.15, 0.2) is 0 Å². The molecule has 0 aliphatic carbocycles. The summed E-state index contributed by atoms with van der Waals surface area (Å²) in [6, 6.07) is -0.778. The Balaban J connectivity index is 0.000000504. The lowest BCUT2D eigenvalue weighted by atomic mass is 9.79. The first-order valence-corrected chi connectivity index (χ1v) is 8.82. The molecule has 1 rings (SSSR count). The van der Waals surface area contributed by atoms with Crippen molar-refractivity contribution >= 4 is 0 Å². The van der Waals surface area contributed by atoms with Crippen LogP contribution >= 0.6 is 0 Å². The number of aliphatic hydroxyl groups is 5. The highest BCUT2D eigenvalue weighted by molar-refractivity contribution is 4.98. The molecule has 8 nitrogen and oxygen atoms in total. The highest BCUT2D eigenvalue weighted by Crippen LogP contribution is 2.32. The van der Waals surface area contributed by atoms with Gasteiger partial charge in [-0.3, -0.25) is 0 Å². The van der Waals surface area contributed by atoms with Crippen molar-refractivity contribution in [3.63, 3.8) is 0 Å². The number of ether oxygens (including phenoxy) is 1. The van der Waals surface area contributed by atoms with Crippen molar-refractivity contribution in [3.8, 4) is 0 Å². The summed E-state index contributed by atoms with van der Waals surface area (Å²) < 4.78 is 5.46. The molecule has 0 aromatic rings. The van der Waals surface area contributed by atoms with E-state index in [1.54, 1.807) is 0 Å². The molecule has 1 fully saturated rings. The van der Waals surface area contributed by atoms with Gasteiger partial charge in [0.25, 0.3) is 0 Å². The Morgan fingerprint density at radius 2 is 1.60 bits per heavy atom. The Morgan fingerprint density at radius 3 is 1.96 bits per heavy atom. The molecule has 0 aromatic carbocycles. The number of nitrogens with two attached hydrogens (primary N) is 2. The van der Waals surface area contributed by atoms with Crippen molar-refractivity contribution in [3.05, 3.63) is 0 Å². The van der Waals surface area contributed by atoms with Crippen LogP contribution in [0.3, 0.4) is 0 Å². The summed E-state index contributed by atoms with van der Waals surface area (Å²) in [5.41, 5.74) is 10.6. The zero-order valence-electron chi connectivity index (χ0n) is 16.0. The summed E-state index contributed by atoms with van der Waals surface area (Å²) in [5.74, 6) is 0.0987. The first kappa shape index (κ1) is 24.7. The maximum atomic E-state index is 9.87. The molecule has 152 valence electrons. The van der Waals surface area contributed by atoms with Crippen molar-refractivity contribution in [2.24, 2.45) is 22.8 Å². The molecule has 0 saturated carbocycles. The molecule has 1 saturated heterocycles. The Labute approximate surface area is 150 Å². The number of aliphatic hydroxyl groups excluding tert-OH is 5. The van der Waals surface area contributed by atoms with E-state index in [0.29, 0.717) is 13.0 Å². The van der Waals surface area contributed by atoms with Crippen LogP contribution in [0, 0.1) is 11.3 Å². The predicted molar refractivity (Wildman–Crippen MR) is 95.7 cm³/mol. The fraction of sp³-hybridized carbons (Fsp3) is 1.00. The number of hydrogen-bond acceptors (Lipinski definition) is 8. The van der Waals surface area contributed by atoms with Crippen LogP contribution in [0.4, 0.5) is 0 Å². The summed E-state index contributed by atoms with van der Waals surface area (Å²) in [7, 11) is 0. The Hall–Kier alpha value is -0.320. The minimum Gasteiger partial charge on any atom is -0.394 e. The van der Waals surface area contributed by atoms with Crippen LogP contribution < -0.4 is 11.5 Å². The van der Waals surface area contributed by atoms with Gasteiger partial charge in [-0.25, -0.2) is 0 Å². The largest absolute Gasteiger partial charge is 0.394 e. The molecular formula is C17H38N2O6. The van der Waals surface area contributed by atoms with Gasteiger partial charge in [-0.2, -0.15) is 0 Å². The van der Waals surface area contributed by atoms with Crippen LogP contribution in [0.1, 0.15) is 41.0 Å². The zero-order chi connectivity index (χ0) is 19.9. The third-order valence-electron chi connectivity index (χ3n) is 4.37. The summed E-state index contributed by atoms with van der Waals surface area (Å²) in [6.45, 7) is 9.60. The molecular weight excluding hydrogens is 328 g/mol. The molecule has 0 aromatic heterocycles. The van der Waals surface area contributed by atoms with E-state index in [9.17, 15) is 15.3 Å². The van der Waals surface area contributed by atoms with Gasteiger partial charge >= 0.3 is 0 Å². The minimum atomic E-state index is -1.02. The molecule has 0 amide bonds. The van der Waals surface area contributed by atoms with Gasteiger partial charge in [0.05, 0.1) is 37.1 Å². The maximum absolute atomic E-state index is 9.87. The normalized spacial score (nSPS) is 32.8. The van der Waals surface area contributed by atoms with Gasteiger partial charge < -0.3 is 41.7 Å². The van der Waals surface area contributed by atoms with Crippen molar-refractivity contribution in [1.29, 1.82) is 0 Å². The SMILES string of the molecule is CC(C)(C)C1O[C@H](CO)[C@@H](O)C(N)[C@H]1O.CC(C)C(O)[C@H](O)CCN. The molecule has 8 heteroatoms. The standard InChI is InChI=1S/C10H21NO4.C7H17NO2/c1-10(2,3)9-8(14)6(11)7(13)5(4-12)15-9;1-5(2)7(10)6(9)3-4-8/h5-9,12-14H,4,11H2,1-3H3;5-7,9-10H,3-4,8H2,1-2H3/t5-,6?,7-,8-,9?;6-,7?/m11/s1. The average molecular weight is 366 g/mol. The van der Waals surface area contributed by atoms with Crippen molar-refractivity contribution in [2.45, 2.75) is 83.7 Å². The van der Waals surface area contributed by atoms with Crippen LogP contribution in [0.15, 0.2) is 0 Å². The first-order chi connectivity index (χ1) is 11.4. The first-order valence-electron chi connectivity index (χ1n) is 8.82. The van der Waals surface area contributed by atoms with E-state index in [1.807, 2.05) is 34.6 Å². The van der Waals surface area contributed by atoms with E-state index in [0.717, 1.165) is 0 Å². The molecule has 0 bridgehead atoms. The molecule has 1 heterocycles. The van der Waals surface area contributed by atoms with E-state index in [1.165, 1.54) is 0 Å². The van der Waals surface area contributed by atoms with Gasteiger partial charge in [-0.1, -0.05) is 34.6 Å². The summed E-state index contributed by atoms with van der Waals surface area (Å²) in [4.78, 5) is 0. The third kappa shape index (κ3) is 7.44. The Kier molecular flexibility index (Phi) is 10.6. The lowest BCUT2D eigenvalue weighted by Gasteiger charge is -2.45. The topological polar surface area (TPSA) is 162 Å². The van der Waals surface area contributed by atoms with Crippen LogP contribution in [-0.2, 0) is 4.74 Å². The minimum absolute atomic E-state index is 0.0987. The molecule has 0 spiro atoms. The van der Waals surface area contributed by atoms with Crippen LogP contribution in [-0.4, -0.2) is 81.3 Å². The van der Waals surface area contributed by atoms with Gasteiger partial charge in [-0.15, -0.1) is 0 Å². The van der Waals surface area contributed by atoms with E-state index >= 15 is 0 Å². The lowest BCUT2D eigenvalue weighted by molar-refractivity contribution is -0.215. The number of hydrogen-bond donors (Lipinski definition) is 7. The second-order valence-electron chi connectivity index (χ2n) is 8.08. The smallest absolute Gasteiger partial charge is 0.109 e. The molecule has 3 unspecified atom stereocenters. The fourth-order valence-electron chi connectivity index (χ4n) is 2.65. The summed E-state index contributed by atoms with van der Waals surface area (Å²) in [5, 5.41) is 46.9. The maximum Gasteiger partial charge on any atom is 0.109 e. The molecule has 25 heavy (non-hydrogen) atoms. The van der Waals surface area contributed by atoms with Crippen molar-refractivity contribution in [2.75, 3.05) is 13.2 Å². The number of rotatable bonds is 5. The van der Waals surface area contributed by atoms with Crippen LogP contribution in [0.5, 0.6) is 0 Å². The molecule has 1 aliphatic rings. The zero-order valence-corrected chi connectivity index (χ0v) is 16.0. The Bertz CT molecular complexity index is 362. The molecule has 1 aliphatic heterocycles. The van der Waals surface area contributed by atoms with Crippen LogP contribution in [0.2, 0.25) is 0 Å². The van der Waals surface area contributed by atoms with E-state index < -0.39 is 42.7 Å². The van der Waals surface area contributed by atoms with Gasteiger partial charge in [0, 0.05) is 0 Å². The second kappa shape index (κ2) is 10.7. The highest BCUT2D eigenvalue weighted by Gasteiger charge is 2.46. The predicted octanol–water partition coefficient (Wildman–Crippen LogP) is -1.45. The lowest BCUT2D eigenvalue weighted by Crippen LogP contribution is -2.64. The molecule has 7 atom stereocenters.